The van der Waals surface area contributed by atoms with Gasteiger partial charge in [0.25, 0.3) is 0 Å². The van der Waals surface area contributed by atoms with Crippen molar-refractivity contribution in [2.24, 2.45) is 28.1 Å². The quantitative estimate of drug-likeness (QED) is 0.0647. The molecule has 3 amide bonds. The number of rotatable bonds is 17. The number of phenols is 2. The second-order valence-corrected chi connectivity index (χ2v) is 10.6. The van der Waals surface area contributed by atoms with Crippen molar-refractivity contribution < 1.29 is 34.5 Å². The number of carbonyl (C=O) groups is 4. The van der Waals surface area contributed by atoms with Crippen molar-refractivity contribution in [2.45, 2.75) is 70.1 Å². The van der Waals surface area contributed by atoms with E-state index in [0.29, 0.717) is 17.5 Å². The molecule has 0 bridgehead atoms. The number of guanidine groups is 1. The number of aromatic hydroxyl groups is 2. The first kappa shape index (κ1) is 35.3. The SMILES string of the molecule is CC[C@H](C)[C@H](NC(=O)[C@H](CCCN=C(N)N)NC(=O)[C@H](Cc1ccc(O)cc1)NC(=O)[C@@H](N)Cc1ccc(O)cc1)C(=O)O. The minimum absolute atomic E-state index is 0.00323. The van der Waals surface area contributed by atoms with Crippen LogP contribution in [0.2, 0.25) is 0 Å². The Hall–Kier alpha value is -4.85. The van der Waals surface area contributed by atoms with Gasteiger partial charge in [0.1, 0.15) is 29.6 Å². The number of carboxylic acids is 1. The Morgan fingerprint density at radius 3 is 1.80 bits per heavy atom. The summed E-state index contributed by atoms with van der Waals surface area (Å²) in [7, 11) is 0. The lowest BCUT2D eigenvalue weighted by molar-refractivity contribution is -0.144. The number of carbonyl (C=O) groups excluding carboxylic acids is 3. The number of carboxylic acid groups (broad SMARTS) is 1. The highest BCUT2D eigenvalue weighted by atomic mass is 16.4. The molecule has 0 radical (unpaired) electrons. The van der Waals surface area contributed by atoms with E-state index in [4.69, 9.17) is 17.2 Å². The Bertz CT molecular complexity index is 1280. The second-order valence-electron chi connectivity index (χ2n) is 10.6. The maximum atomic E-state index is 13.6. The molecular weight excluding hydrogens is 570 g/mol. The number of phenolic OH excluding ortho intramolecular Hbond substituents is 2. The van der Waals surface area contributed by atoms with Crippen LogP contribution >= 0.6 is 0 Å². The van der Waals surface area contributed by atoms with Gasteiger partial charge < -0.3 is 48.5 Å². The van der Waals surface area contributed by atoms with Crippen LogP contribution in [0.25, 0.3) is 0 Å². The van der Waals surface area contributed by atoms with Gasteiger partial charge in [0.05, 0.1) is 6.04 Å². The van der Waals surface area contributed by atoms with Gasteiger partial charge in [0.2, 0.25) is 17.7 Å². The molecule has 0 aliphatic rings. The lowest BCUT2D eigenvalue weighted by Gasteiger charge is -2.26. The molecule has 0 fully saturated rings. The van der Waals surface area contributed by atoms with Crippen LogP contribution in [0.15, 0.2) is 53.5 Å². The molecule has 0 unspecified atom stereocenters. The number of hydrogen-bond donors (Lipinski definition) is 9. The Labute approximate surface area is 256 Å². The third-order valence-electron chi connectivity index (χ3n) is 7.09. The predicted molar refractivity (Wildman–Crippen MR) is 164 cm³/mol. The van der Waals surface area contributed by atoms with Crippen molar-refractivity contribution in [2.75, 3.05) is 6.54 Å². The second kappa shape index (κ2) is 17.3. The predicted octanol–water partition coefficient (Wildman–Crippen LogP) is -0.151. The molecule has 2 aromatic carbocycles. The summed E-state index contributed by atoms with van der Waals surface area (Å²) >= 11 is 0. The molecule has 0 saturated heterocycles. The van der Waals surface area contributed by atoms with Gasteiger partial charge >= 0.3 is 5.97 Å². The van der Waals surface area contributed by atoms with E-state index >= 15 is 0 Å². The maximum absolute atomic E-state index is 13.6. The van der Waals surface area contributed by atoms with Crippen LogP contribution in [0.3, 0.4) is 0 Å². The molecule has 14 heteroatoms. The number of nitrogens with two attached hydrogens (primary N) is 3. The Balaban J connectivity index is 2.28. The zero-order chi connectivity index (χ0) is 32.8. The van der Waals surface area contributed by atoms with Crippen LogP contribution in [0.4, 0.5) is 0 Å². The highest BCUT2D eigenvalue weighted by Gasteiger charge is 2.32. The minimum Gasteiger partial charge on any atom is -0.508 e. The van der Waals surface area contributed by atoms with E-state index in [1.165, 1.54) is 24.3 Å². The summed E-state index contributed by atoms with van der Waals surface area (Å²) in [5.41, 5.74) is 18.2. The van der Waals surface area contributed by atoms with Crippen molar-refractivity contribution in [1.82, 2.24) is 16.0 Å². The lowest BCUT2D eigenvalue weighted by Crippen LogP contribution is -2.58. The Morgan fingerprint density at radius 1 is 0.795 bits per heavy atom. The molecule has 0 aromatic heterocycles. The number of benzene rings is 2. The van der Waals surface area contributed by atoms with E-state index < -0.39 is 47.9 Å². The van der Waals surface area contributed by atoms with Gasteiger partial charge in [-0.25, -0.2) is 4.79 Å². The number of aliphatic imine (C=N–C) groups is 1. The van der Waals surface area contributed by atoms with Gasteiger partial charge in [-0.1, -0.05) is 44.5 Å². The van der Waals surface area contributed by atoms with E-state index in [1.807, 2.05) is 0 Å². The first-order chi connectivity index (χ1) is 20.8. The van der Waals surface area contributed by atoms with Crippen LogP contribution < -0.4 is 33.2 Å². The number of amides is 3. The monoisotopic (exact) mass is 613 g/mol. The van der Waals surface area contributed by atoms with Crippen molar-refractivity contribution >= 4 is 29.7 Å². The molecule has 0 saturated carbocycles. The van der Waals surface area contributed by atoms with Gasteiger partial charge in [0, 0.05) is 13.0 Å². The summed E-state index contributed by atoms with van der Waals surface area (Å²) in [6.45, 7) is 3.65. The van der Waals surface area contributed by atoms with Crippen molar-refractivity contribution in [3.8, 4) is 11.5 Å². The molecule has 14 nitrogen and oxygen atoms in total. The highest BCUT2D eigenvalue weighted by molar-refractivity contribution is 5.94. The summed E-state index contributed by atoms with van der Waals surface area (Å²) in [6.07, 6.45) is 0.966. The summed E-state index contributed by atoms with van der Waals surface area (Å²) in [4.78, 5) is 55.8. The number of hydrogen-bond acceptors (Lipinski definition) is 8. The number of nitrogens with zero attached hydrogens (tertiary/aromatic N) is 1. The summed E-state index contributed by atoms with van der Waals surface area (Å²) < 4.78 is 0. The molecule has 0 aliphatic heterocycles. The zero-order valence-corrected chi connectivity index (χ0v) is 24.9. The van der Waals surface area contributed by atoms with E-state index in [9.17, 15) is 34.5 Å². The molecule has 2 aromatic rings. The van der Waals surface area contributed by atoms with Crippen molar-refractivity contribution in [1.29, 1.82) is 0 Å². The fourth-order valence-electron chi connectivity index (χ4n) is 4.32. The Morgan fingerprint density at radius 2 is 1.30 bits per heavy atom. The lowest BCUT2D eigenvalue weighted by atomic mass is 9.98. The average molecular weight is 614 g/mol. The Kier molecular flexibility index (Phi) is 13.9. The van der Waals surface area contributed by atoms with Gasteiger partial charge in [0.15, 0.2) is 5.96 Å². The summed E-state index contributed by atoms with van der Waals surface area (Å²) in [5, 5.41) is 36.7. The van der Waals surface area contributed by atoms with Gasteiger partial charge in [-0.05, 0) is 60.6 Å². The van der Waals surface area contributed by atoms with Gasteiger partial charge in [-0.3, -0.25) is 19.4 Å². The summed E-state index contributed by atoms with van der Waals surface area (Å²) in [5.74, 6) is -3.71. The maximum Gasteiger partial charge on any atom is 0.326 e. The van der Waals surface area contributed by atoms with Crippen LogP contribution in [0.1, 0.15) is 44.2 Å². The fraction of sp³-hybridized carbons (Fsp3) is 0.433. The molecule has 0 heterocycles. The van der Waals surface area contributed by atoms with Crippen LogP contribution in [0, 0.1) is 5.92 Å². The highest BCUT2D eigenvalue weighted by Crippen LogP contribution is 2.14. The minimum atomic E-state index is -1.21. The fourth-order valence-corrected chi connectivity index (χ4v) is 4.32. The van der Waals surface area contributed by atoms with E-state index in [2.05, 4.69) is 20.9 Å². The normalized spacial score (nSPS) is 14.2. The molecule has 0 spiro atoms. The molecular formula is C30H43N7O7. The third kappa shape index (κ3) is 11.8. The average Bonchev–Trinajstić information content (AvgIpc) is 2.98. The van der Waals surface area contributed by atoms with Crippen molar-refractivity contribution in [3.05, 3.63) is 59.7 Å². The molecule has 44 heavy (non-hydrogen) atoms. The van der Waals surface area contributed by atoms with Crippen LogP contribution in [-0.4, -0.2) is 75.7 Å². The summed E-state index contributed by atoms with van der Waals surface area (Å²) in [6, 6.07) is 7.63. The van der Waals surface area contributed by atoms with E-state index in [1.54, 1.807) is 38.1 Å². The molecule has 12 N–H and O–H groups in total. The van der Waals surface area contributed by atoms with Crippen molar-refractivity contribution in [3.63, 3.8) is 0 Å². The zero-order valence-electron chi connectivity index (χ0n) is 24.9. The number of aliphatic carboxylic acids is 1. The van der Waals surface area contributed by atoms with E-state index in [-0.39, 0.29) is 55.6 Å². The first-order valence-electron chi connectivity index (χ1n) is 14.3. The molecule has 2 rings (SSSR count). The molecule has 5 atom stereocenters. The van der Waals surface area contributed by atoms with Gasteiger partial charge in [-0.2, -0.15) is 0 Å². The molecule has 240 valence electrons. The number of nitrogens with one attached hydrogen (secondary N) is 3. The largest absolute Gasteiger partial charge is 0.508 e. The topological polar surface area (TPSA) is 255 Å². The third-order valence-corrected chi connectivity index (χ3v) is 7.09. The first-order valence-corrected chi connectivity index (χ1v) is 14.3. The standard InChI is InChI=1S/C30H43N7O7/c1-3-17(2)25(29(43)44)37-27(41)23(5-4-14-34-30(32)33)35-28(42)24(16-19-8-12-21(39)13-9-19)36-26(40)22(31)15-18-6-10-20(38)11-7-18/h6-13,17,22-25,38-39H,3-5,14-16,31H2,1-2H3,(H,35,42)(H,36,40)(H,37,41)(H,43,44)(H4,32,33,34)/t17-,22-,23-,24-,25-/m0/s1. The molecule has 0 aliphatic carbocycles. The van der Waals surface area contributed by atoms with Gasteiger partial charge in [-0.15, -0.1) is 0 Å². The van der Waals surface area contributed by atoms with Crippen LogP contribution in [-0.2, 0) is 32.0 Å². The smallest absolute Gasteiger partial charge is 0.326 e. The van der Waals surface area contributed by atoms with Crippen LogP contribution in [0.5, 0.6) is 11.5 Å². The van der Waals surface area contributed by atoms with E-state index in [0.717, 1.165) is 0 Å².